The lowest BCUT2D eigenvalue weighted by Crippen LogP contribution is -2.23. The van der Waals surface area contributed by atoms with Crippen LogP contribution in [0.4, 0.5) is 8.78 Å². The number of benzene rings is 1. The highest BCUT2D eigenvalue weighted by atomic mass is 19.1. The first-order valence-corrected chi connectivity index (χ1v) is 5.44. The first-order valence-electron chi connectivity index (χ1n) is 5.44. The molecule has 1 aromatic rings. The zero-order chi connectivity index (χ0) is 12.7. The van der Waals surface area contributed by atoms with Crippen molar-refractivity contribution < 1.29 is 18.6 Å². The highest BCUT2D eigenvalue weighted by Crippen LogP contribution is 2.11. The summed E-state index contributed by atoms with van der Waals surface area (Å²) in [5, 5.41) is 8.51. The fraction of sp³-hybridized carbons (Fsp3) is 0.500. The van der Waals surface area contributed by atoms with Crippen molar-refractivity contribution in [2.45, 2.75) is 6.54 Å². The quantitative estimate of drug-likeness (QED) is 0.737. The molecule has 1 rings (SSSR count). The molecule has 5 heteroatoms. The van der Waals surface area contributed by atoms with E-state index in [2.05, 4.69) is 0 Å². The van der Waals surface area contributed by atoms with E-state index < -0.39 is 11.6 Å². The third kappa shape index (κ3) is 5.21. The second kappa shape index (κ2) is 7.32. The van der Waals surface area contributed by atoms with Crippen LogP contribution < -0.4 is 0 Å². The lowest BCUT2D eigenvalue weighted by molar-refractivity contribution is 0.0771. The van der Waals surface area contributed by atoms with Crippen molar-refractivity contribution in [3.63, 3.8) is 0 Å². The van der Waals surface area contributed by atoms with Crippen LogP contribution >= 0.6 is 0 Å². The molecular weight excluding hydrogens is 228 g/mol. The van der Waals surface area contributed by atoms with Gasteiger partial charge in [0.2, 0.25) is 0 Å². The van der Waals surface area contributed by atoms with E-state index in [0.29, 0.717) is 31.9 Å². The van der Waals surface area contributed by atoms with E-state index >= 15 is 0 Å². The van der Waals surface area contributed by atoms with Crippen LogP contribution in [-0.2, 0) is 11.3 Å². The Morgan fingerprint density at radius 3 is 2.71 bits per heavy atom. The van der Waals surface area contributed by atoms with Crippen LogP contribution in [0.25, 0.3) is 0 Å². The minimum Gasteiger partial charge on any atom is -0.394 e. The van der Waals surface area contributed by atoms with Crippen molar-refractivity contribution >= 4 is 0 Å². The maximum Gasteiger partial charge on any atom is 0.130 e. The molecule has 1 aromatic carbocycles. The van der Waals surface area contributed by atoms with Crippen molar-refractivity contribution in [1.29, 1.82) is 0 Å². The van der Waals surface area contributed by atoms with Crippen molar-refractivity contribution in [2.24, 2.45) is 0 Å². The number of hydrogen-bond donors (Lipinski definition) is 1. The SMILES string of the molecule is CN(CCOCCO)Cc1ccc(F)cc1F. The van der Waals surface area contributed by atoms with Gasteiger partial charge in [0.1, 0.15) is 11.6 Å². The van der Waals surface area contributed by atoms with Gasteiger partial charge in [-0.3, -0.25) is 4.90 Å². The molecule has 0 saturated carbocycles. The summed E-state index contributed by atoms with van der Waals surface area (Å²) in [6.45, 7) is 1.79. The third-order valence-corrected chi connectivity index (χ3v) is 2.31. The Morgan fingerprint density at radius 2 is 2.06 bits per heavy atom. The number of aliphatic hydroxyl groups is 1. The molecule has 0 spiro atoms. The molecule has 0 unspecified atom stereocenters. The Kier molecular flexibility index (Phi) is 6.04. The van der Waals surface area contributed by atoms with Gasteiger partial charge in [-0.25, -0.2) is 8.78 Å². The van der Waals surface area contributed by atoms with E-state index in [4.69, 9.17) is 9.84 Å². The van der Waals surface area contributed by atoms with Gasteiger partial charge in [-0.2, -0.15) is 0 Å². The summed E-state index contributed by atoms with van der Waals surface area (Å²) >= 11 is 0. The molecule has 17 heavy (non-hydrogen) atoms. The molecule has 96 valence electrons. The van der Waals surface area contributed by atoms with E-state index in [-0.39, 0.29) is 6.61 Å². The summed E-state index contributed by atoms with van der Waals surface area (Å²) < 4.78 is 31.1. The van der Waals surface area contributed by atoms with Gasteiger partial charge in [0, 0.05) is 24.7 Å². The van der Waals surface area contributed by atoms with E-state index in [0.717, 1.165) is 6.07 Å². The van der Waals surface area contributed by atoms with Crippen molar-refractivity contribution in [2.75, 3.05) is 33.4 Å². The number of hydrogen-bond acceptors (Lipinski definition) is 3. The van der Waals surface area contributed by atoms with E-state index in [1.54, 1.807) is 0 Å². The second-order valence-corrected chi connectivity index (χ2v) is 3.81. The Labute approximate surface area is 99.6 Å². The summed E-state index contributed by atoms with van der Waals surface area (Å²) in [5.41, 5.74) is 0.455. The predicted molar refractivity (Wildman–Crippen MR) is 60.6 cm³/mol. The fourth-order valence-corrected chi connectivity index (χ4v) is 1.41. The van der Waals surface area contributed by atoms with Crippen LogP contribution in [0.1, 0.15) is 5.56 Å². The molecule has 0 aliphatic rings. The zero-order valence-electron chi connectivity index (χ0n) is 9.83. The maximum absolute atomic E-state index is 13.3. The van der Waals surface area contributed by atoms with Crippen molar-refractivity contribution in [1.82, 2.24) is 4.90 Å². The van der Waals surface area contributed by atoms with Crippen LogP contribution in [0.2, 0.25) is 0 Å². The molecule has 0 amide bonds. The van der Waals surface area contributed by atoms with Gasteiger partial charge in [-0.1, -0.05) is 6.07 Å². The van der Waals surface area contributed by atoms with Crippen LogP contribution in [-0.4, -0.2) is 43.4 Å². The Hall–Kier alpha value is -1.04. The monoisotopic (exact) mass is 245 g/mol. The average molecular weight is 245 g/mol. The zero-order valence-corrected chi connectivity index (χ0v) is 9.83. The standard InChI is InChI=1S/C12H17F2NO2/c1-15(4-6-17-7-5-16)9-10-2-3-11(13)8-12(10)14/h2-3,8,16H,4-7,9H2,1H3. The van der Waals surface area contributed by atoms with Crippen molar-refractivity contribution in [3.05, 3.63) is 35.4 Å². The summed E-state index contributed by atoms with van der Waals surface area (Å²) in [5.74, 6) is -1.10. The van der Waals surface area contributed by atoms with Crippen LogP contribution in [0.15, 0.2) is 18.2 Å². The summed E-state index contributed by atoms with van der Waals surface area (Å²) in [4.78, 5) is 1.87. The highest BCUT2D eigenvalue weighted by molar-refractivity contribution is 5.18. The first kappa shape index (κ1) is 14.0. The van der Waals surface area contributed by atoms with Gasteiger partial charge in [0.15, 0.2) is 0 Å². The van der Waals surface area contributed by atoms with Gasteiger partial charge in [-0.15, -0.1) is 0 Å². The number of ether oxygens (including phenoxy) is 1. The summed E-state index contributed by atoms with van der Waals surface area (Å²) in [7, 11) is 1.82. The fourth-order valence-electron chi connectivity index (χ4n) is 1.41. The van der Waals surface area contributed by atoms with Gasteiger partial charge in [0.05, 0.1) is 19.8 Å². The van der Waals surface area contributed by atoms with Crippen molar-refractivity contribution in [3.8, 4) is 0 Å². The number of aliphatic hydroxyl groups excluding tert-OH is 1. The maximum atomic E-state index is 13.3. The second-order valence-electron chi connectivity index (χ2n) is 3.81. The number of rotatable bonds is 7. The minimum absolute atomic E-state index is 0.00367. The van der Waals surface area contributed by atoms with Gasteiger partial charge in [-0.05, 0) is 13.1 Å². The number of halogens is 2. The molecule has 0 saturated heterocycles. The highest BCUT2D eigenvalue weighted by Gasteiger charge is 2.06. The van der Waals surface area contributed by atoms with Crippen LogP contribution in [0.3, 0.4) is 0 Å². The average Bonchev–Trinajstić information content (AvgIpc) is 2.28. The molecule has 0 aliphatic heterocycles. The first-order chi connectivity index (χ1) is 8.13. The molecule has 3 nitrogen and oxygen atoms in total. The lowest BCUT2D eigenvalue weighted by Gasteiger charge is -2.16. The molecule has 0 heterocycles. The molecule has 0 radical (unpaired) electrons. The van der Waals surface area contributed by atoms with Gasteiger partial charge in [0.25, 0.3) is 0 Å². The Morgan fingerprint density at radius 1 is 1.29 bits per heavy atom. The summed E-state index contributed by atoms with van der Waals surface area (Å²) in [6.07, 6.45) is 0. The lowest BCUT2D eigenvalue weighted by atomic mass is 10.2. The molecule has 0 fully saturated rings. The topological polar surface area (TPSA) is 32.7 Å². The molecular formula is C12H17F2NO2. The molecule has 0 aromatic heterocycles. The van der Waals surface area contributed by atoms with Crippen LogP contribution in [0, 0.1) is 11.6 Å². The molecule has 0 aliphatic carbocycles. The number of likely N-dealkylation sites (N-methyl/N-ethyl adjacent to an activating group) is 1. The normalized spacial score (nSPS) is 11.1. The van der Waals surface area contributed by atoms with Gasteiger partial charge < -0.3 is 9.84 Å². The number of nitrogens with zero attached hydrogens (tertiary/aromatic N) is 1. The van der Waals surface area contributed by atoms with E-state index in [9.17, 15) is 8.78 Å². The minimum atomic E-state index is -0.569. The Balaban J connectivity index is 2.37. The molecule has 0 bridgehead atoms. The predicted octanol–water partition coefficient (Wildman–Crippen LogP) is 1.41. The molecule has 0 atom stereocenters. The van der Waals surface area contributed by atoms with Crippen LogP contribution in [0.5, 0.6) is 0 Å². The molecule has 1 N–H and O–H groups in total. The smallest absolute Gasteiger partial charge is 0.130 e. The summed E-state index contributed by atoms with van der Waals surface area (Å²) in [6, 6.07) is 3.57. The largest absolute Gasteiger partial charge is 0.394 e. The third-order valence-electron chi connectivity index (χ3n) is 2.31. The van der Waals surface area contributed by atoms with Gasteiger partial charge >= 0.3 is 0 Å². The Bertz CT molecular complexity index is 347. The van der Waals surface area contributed by atoms with E-state index in [1.807, 2.05) is 11.9 Å². The van der Waals surface area contributed by atoms with E-state index in [1.165, 1.54) is 12.1 Å².